The standard InChI is InChI=1S/C12H24N2O.ClH/c1-4-10(5-2)12(15)14-11-6-7-13-8-9(11)3;/h9-11,13H,4-8H2,1-3H3,(H,14,15);1H. The van der Waals surface area contributed by atoms with Crippen molar-refractivity contribution in [2.75, 3.05) is 13.1 Å². The molecule has 2 N–H and O–H groups in total. The van der Waals surface area contributed by atoms with Crippen LogP contribution in [0.1, 0.15) is 40.0 Å². The molecule has 1 saturated heterocycles. The molecule has 0 bridgehead atoms. The van der Waals surface area contributed by atoms with Crippen molar-refractivity contribution in [2.45, 2.75) is 46.1 Å². The summed E-state index contributed by atoms with van der Waals surface area (Å²) < 4.78 is 0. The molecular formula is C12H25ClN2O. The number of halogens is 1. The van der Waals surface area contributed by atoms with E-state index < -0.39 is 0 Å². The number of hydrogen-bond donors (Lipinski definition) is 2. The number of hydrogen-bond acceptors (Lipinski definition) is 2. The van der Waals surface area contributed by atoms with Crippen molar-refractivity contribution in [1.29, 1.82) is 0 Å². The summed E-state index contributed by atoms with van der Waals surface area (Å²) in [5, 5.41) is 6.54. The molecule has 1 fully saturated rings. The quantitative estimate of drug-likeness (QED) is 0.799. The van der Waals surface area contributed by atoms with Crippen molar-refractivity contribution in [1.82, 2.24) is 10.6 Å². The highest BCUT2D eigenvalue weighted by Gasteiger charge is 2.24. The average molecular weight is 249 g/mol. The third kappa shape index (κ3) is 4.30. The molecule has 1 amide bonds. The fourth-order valence-corrected chi connectivity index (χ4v) is 2.19. The summed E-state index contributed by atoms with van der Waals surface area (Å²) in [5.74, 6) is 1.00. The maximum atomic E-state index is 11.9. The second-order valence-electron chi connectivity index (χ2n) is 4.60. The molecule has 0 aromatic heterocycles. The van der Waals surface area contributed by atoms with Crippen LogP contribution >= 0.6 is 12.4 Å². The van der Waals surface area contributed by atoms with Gasteiger partial charge in [0, 0.05) is 12.0 Å². The van der Waals surface area contributed by atoms with E-state index in [0.29, 0.717) is 12.0 Å². The van der Waals surface area contributed by atoms with E-state index in [1.54, 1.807) is 0 Å². The van der Waals surface area contributed by atoms with E-state index in [2.05, 4.69) is 31.4 Å². The zero-order chi connectivity index (χ0) is 11.3. The predicted octanol–water partition coefficient (Wildman–Crippen LogP) is 1.96. The maximum absolute atomic E-state index is 11.9. The van der Waals surface area contributed by atoms with Gasteiger partial charge in [-0.3, -0.25) is 4.79 Å². The molecular weight excluding hydrogens is 224 g/mol. The van der Waals surface area contributed by atoms with Gasteiger partial charge in [-0.2, -0.15) is 0 Å². The first-order valence-corrected chi connectivity index (χ1v) is 6.20. The largest absolute Gasteiger partial charge is 0.353 e. The predicted molar refractivity (Wildman–Crippen MR) is 69.9 cm³/mol. The highest BCUT2D eigenvalue weighted by Crippen LogP contribution is 2.13. The van der Waals surface area contributed by atoms with Crippen molar-refractivity contribution < 1.29 is 4.79 Å². The summed E-state index contributed by atoms with van der Waals surface area (Å²) in [5.41, 5.74) is 0. The van der Waals surface area contributed by atoms with E-state index in [1.807, 2.05) is 0 Å². The zero-order valence-corrected chi connectivity index (χ0v) is 11.4. The lowest BCUT2D eigenvalue weighted by molar-refractivity contribution is -0.126. The van der Waals surface area contributed by atoms with Gasteiger partial charge >= 0.3 is 0 Å². The minimum atomic E-state index is 0. The number of rotatable bonds is 4. The Morgan fingerprint density at radius 2 is 2.06 bits per heavy atom. The molecule has 1 heterocycles. The number of nitrogens with one attached hydrogen (secondary N) is 2. The van der Waals surface area contributed by atoms with Gasteiger partial charge in [0.15, 0.2) is 0 Å². The molecule has 0 aromatic rings. The minimum Gasteiger partial charge on any atom is -0.353 e. The van der Waals surface area contributed by atoms with Gasteiger partial charge in [-0.15, -0.1) is 12.4 Å². The first-order valence-electron chi connectivity index (χ1n) is 6.20. The number of carbonyl (C=O) groups is 1. The third-order valence-electron chi connectivity index (χ3n) is 3.47. The van der Waals surface area contributed by atoms with Gasteiger partial charge in [0.25, 0.3) is 0 Å². The number of piperidine rings is 1. The Morgan fingerprint density at radius 3 is 2.56 bits per heavy atom. The van der Waals surface area contributed by atoms with Crippen LogP contribution in [-0.2, 0) is 4.79 Å². The maximum Gasteiger partial charge on any atom is 0.223 e. The molecule has 1 rings (SSSR count). The molecule has 3 nitrogen and oxygen atoms in total. The molecule has 0 radical (unpaired) electrons. The Bertz CT molecular complexity index is 207. The van der Waals surface area contributed by atoms with Crippen molar-refractivity contribution in [2.24, 2.45) is 11.8 Å². The second-order valence-corrected chi connectivity index (χ2v) is 4.60. The average Bonchev–Trinajstić information content (AvgIpc) is 2.23. The van der Waals surface area contributed by atoms with Crippen LogP contribution in [-0.4, -0.2) is 25.0 Å². The molecule has 0 aliphatic carbocycles. The molecule has 0 aromatic carbocycles. The highest BCUT2D eigenvalue weighted by atomic mass is 35.5. The van der Waals surface area contributed by atoms with E-state index in [0.717, 1.165) is 32.4 Å². The highest BCUT2D eigenvalue weighted by molar-refractivity contribution is 5.85. The van der Waals surface area contributed by atoms with Crippen LogP contribution in [0, 0.1) is 11.8 Å². The van der Waals surface area contributed by atoms with Crippen LogP contribution in [0.25, 0.3) is 0 Å². The lowest BCUT2D eigenvalue weighted by atomic mass is 9.93. The van der Waals surface area contributed by atoms with Gasteiger partial charge in [0.2, 0.25) is 5.91 Å². The fraction of sp³-hybridized carbons (Fsp3) is 0.917. The van der Waals surface area contributed by atoms with Gasteiger partial charge in [-0.25, -0.2) is 0 Å². The van der Waals surface area contributed by atoms with E-state index in [4.69, 9.17) is 0 Å². The summed E-state index contributed by atoms with van der Waals surface area (Å²) in [6.45, 7) is 8.41. The molecule has 2 atom stereocenters. The summed E-state index contributed by atoms with van der Waals surface area (Å²) in [4.78, 5) is 11.9. The van der Waals surface area contributed by atoms with Gasteiger partial charge in [0.1, 0.15) is 0 Å². The van der Waals surface area contributed by atoms with Crippen molar-refractivity contribution in [3.8, 4) is 0 Å². The van der Waals surface area contributed by atoms with Crippen LogP contribution in [0.2, 0.25) is 0 Å². The van der Waals surface area contributed by atoms with E-state index in [1.165, 1.54) is 0 Å². The van der Waals surface area contributed by atoms with Crippen molar-refractivity contribution >= 4 is 18.3 Å². The fourth-order valence-electron chi connectivity index (χ4n) is 2.19. The molecule has 1 aliphatic heterocycles. The Hall–Kier alpha value is -0.280. The topological polar surface area (TPSA) is 41.1 Å². The van der Waals surface area contributed by atoms with Crippen LogP contribution < -0.4 is 10.6 Å². The minimum absolute atomic E-state index is 0. The normalized spacial score (nSPS) is 25.0. The Labute approximate surface area is 105 Å². The summed E-state index contributed by atoms with van der Waals surface area (Å²) in [6, 6.07) is 0.374. The smallest absolute Gasteiger partial charge is 0.223 e. The second kappa shape index (κ2) is 7.91. The summed E-state index contributed by atoms with van der Waals surface area (Å²) >= 11 is 0. The summed E-state index contributed by atoms with van der Waals surface area (Å²) in [6.07, 6.45) is 2.95. The van der Waals surface area contributed by atoms with Crippen LogP contribution in [0.5, 0.6) is 0 Å². The van der Waals surface area contributed by atoms with Crippen LogP contribution in [0.3, 0.4) is 0 Å². The van der Waals surface area contributed by atoms with Crippen LogP contribution in [0.4, 0.5) is 0 Å². The number of amides is 1. The molecule has 2 unspecified atom stereocenters. The zero-order valence-electron chi connectivity index (χ0n) is 10.6. The lowest BCUT2D eigenvalue weighted by Gasteiger charge is -2.31. The molecule has 0 saturated carbocycles. The molecule has 0 spiro atoms. The number of carbonyl (C=O) groups excluding carboxylic acids is 1. The first-order chi connectivity index (χ1) is 7.19. The van der Waals surface area contributed by atoms with E-state index in [9.17, 15) is 4.79 Å². The first kappa shape index (κ1) is 15.7. The van der Waals surface area contributed by atoms with Gasteiger partial charge < -0.3 is 10.6 Å². The Balaban J connectivity index is 0.00000225. The van der Waals surface area contributed by atoms with Gasteiger partial charge in [-0.05, 0) is 38.3 Å². The van der Waals surface area contributed by atoms with E-state index >= 15 is 0 Å². The van der Waals surface area contributed by atoms with Crippen molar-refractivity contribution in [3.05, 3.63) is 0 Å². The molecule has 4 heteroatoms. The van der Waals surface area contributed by atoms with Crippen molar-refractivity contribution in [3.63, 3.8) is 0 Å². The summed E-state index contributed by atoms with van der Waals surface area (Å²) in [7, 11) is 0. The lowest BCUT2D eigenvalue weighted by Crippen LogP contribution is -2.49. The third-order valence-corrected chi connectivity index (χ3v) is 3.47. The molecule has 96 valence electrons. The Morgan fingerprint density at radius 1 is 1.44 bits per heavy atom. The SMILES string of the molecule is CCC(CC)C(=O)NC1CCNCC1C.Cl. The van der Waals surface area contributed by atoms with E-state index in [-0.39, 0.29) is 24.2 Å². The molecule has 16 heavy (non-hydrogen) atoms. The van der Waals surface area contributed by atoms with Gasteiger partial charge in [-0.1, -0.05) is 20.8 Å². The van der Waals surface area contributed by atoms with Crippen LogP contribution in [0.15, 0.2) is 0 Å². The monoisotopic (exact) mass is 248 g/mol. The Kier molecular flexibility index (Phi) is 7.77. The molecule has 1 aliphatic rings. The van der Waals surface area contributed by atoms with Gasteiger partial charge in [0.05, 0.1) is 0 Å².